The molecule has 0 aliphatic heterocycles. The van der Waals surface area contributed by atoms with Crippen LogP contribution in [0, 0.1) is 12.7 Å². The maximum absolute atomic E-state index is 12.9. The van der Waals surface area contributed by atoms with Gasteiger partial charge in [-0.05, 0) is 36.2 Å². The van der Waals surface area contributed by atoms with Crippen LogP contribution in [0.3, 0.4) is 0 Å². The van der Waals surface area contributed by atoms with Gasteiger partial charge in [-0.2, -0.15) is 0 Å². The quantitative estimate of drug-likeness (QED) is 0.759. The van der Waals surface area contributed by atoms with E-state index in [1.807, 2.05) is 37.3 Å². The van der Waals surface area contributed by atoms with Crippen LogP contribution >= 0.6 is 0 Å². The Balaban J connectivity index is 2.05. The molecule has 0 N–H and O–H groups in total. The van der Waals surface area contributed by atoms with Gasteiger partial charge >= 0.3 is 0 Å². The minimum absolute atomic E-state index is 0.232. The number of hydrogen-bond acceptors (Lipinski definition) is 1. The van der Waals surface area contributed by atoms with Crippen LogP contribution in [0.4, 0.5) is 4.39 Å². The van der Waals surface area contributed by atoms with Crippen molar-refractivity contribution in [1.29, 1.82) is 0 Å². The van der Waals surface area contributed by atoms with Crippen LogP contribution < -0.4 is 4.74 Å². The largest absolute Gasteiger partial charge is 0.489 e. The molecule has 0 aliphatic rings. The fourth-order valence-electron chi connectivity index (χ4n) is 1.51. The molecule has 16 heavy (non-hydrogen) atoms. The molecule has 0 atom stereocenters. The molecule has 2 aromatic rings. The third kappa shape index (κ3) is 2.60. The van der Waals surface area contributed by atoms with Crippen LogP contribution in [-0.4, -0.2) is 0 Å². The molecule has 0 saturated heterocycles. The summed E-state index contributed by atoms with van der Waals surface area (Å²) in [5, 5.41) is 0. The second kappa shape index (κ2) is 4.79. The lowest BCUT2D eigenvalue weighted by Crippen LogP contribution is -1.96. The van der Waals surface area contributed by atoms with E-state index in [1.54, 1.807) is 6.07 Å². The van der Waals surface area contributed by atoms with Crippen molar-refractivity contribution in [2.75, 3.05) is 0 Å². The van der Waals surface area contributed by atoms with Gasteiger partial charge < -0.3 is 4.74 Å². The maximum atomic E-state index is 12.9. The van der Waals surface area contributed by atoms with Crippen molar-refractivity contribution in [3.8, 4) is 5.75 Å². The minimum atomic E-state index is -0.232. The average molecular weight is 216 g/mol. The molecule has 0 heterocycles. The standard InChI is InChI=1S/C14H13FO/c1-11-9-13(15)7-8-14(11)16-10-12-5-3-2-4-6-12/h2-9H,10H2,1H3. The summed E-state index contributed by atoms with van der Waals surface area (Å²) in [4.78, 5) is 0. The summed E-state index contributed by atoms with van der Waals surface area (Å²) in [6.07, 6.45) is 0. The van der Waals surface area contributed by atoms with Gasteiger partial charge in [-0.3, -0.25) is 0 Å². The van der Waals surface area contributed by atoms with Crippen molar-refractivity contribution in [1.82, 2.24) is 0 Å². The third-order valence-corrected chi connectivity index (χ3v) is 2.37. The van der Waals surface area contributed by atoms with Crippen molar-refractivity contribution in [3.63, 3.8) is 0 Å². The van der Waals surface area contributed by atoms with Gasteiger partial charge in [0.2, 0.25) is 0 Å². The second-order valence-electron chi connectivity index (χ2n) is 3.68. The highest BCUT2D eigenvalue weighted by atomic mass is 19.1. The highest BCUT2D eigenvalue weighted by Crippen LogP contribution is 2.19. The normalized spacial score (nSPS) is 10.1. The zero-order valence-electron chi connectivity index (χ0n) is 9.11. The summed E-state index contributed by atoms with van der Waals surface area (Å²) >= 11 is 0. The Kier molecular flexibility index (Phi) is 3.20. The molecule has 1 nitrogen and oxygen atoms in total. The summed E-state index contributed by atoms with van der Waals surface area (Å²) < 4.78 is 18.5. The molecule has 2 rings (SSSR count). The van der Waals surface area contributed by atoms with Gasteiger partial charge in [0.05, 0.1) is 0 Å². The lowest BCUT2D eigenvalue weighted by atomic mass is 10.2. The molecule has 0 saturated carbocycles. The molecule has 0 bridgehead atoms. The van der Waals surface area contributed by atoms with E-state index in [1.165, 1.54) is 12.1 Å². The van der Waals surface area contributed by atoms with Crippen molar-refractivity contribution in [2.45, 2.75) is 13.5 Å². The van der Waals surface area contributed by atoms with Crippen molar-refractivity contribution in [2.24, 2.45) is 0 Å². The number of rotatable bonds is 3. The van der Waals surface area contributed by atoms with Gasteiger partial charge in [-0.1, -0.05) is 30.3 Å². The zero-order chi connectivity index (χ0) is 11.4. The van der Waals surface area contributed by atoms with E-state index in [2.05, 4.69) is 0 Å². The van der Waals surface area contributed by atoms with E-state index in [0.29, 0.717) is 6.61 Å². The molecule has 0 fully saturated rings. The number of aryl methyl sites for hydroxylation is 1. The monoisotopic (exact) mass is 216 g/mol. The Morgan fingerprint density at radius 3 is 2.50 bits per heavy atom. The molecular weight excluding hydrogens is 203 g/mol. The first kappa shape index (κ1) is 10.7. The third-order valence-electron chi connectivity index (χ3n) is 2.37. The highest BCUT2D eigenvalue weighted by Gasteiger charge is 2.01. The van der Waals surface area contributed by atoms with E-state index in [-0.39, 0.29) is 5.82 Å². The number of ether oxygens (including phenoxy) is 1. The van der Waals surface area contributed by atoms with Gasteiger partial charge in [-0.25, -0.2) is 4.39 Å². The summed E-state index contributed by atoms with van der Waals surface area (Å²) in [7, 11) is 0. The lowest BCUT2D eigenvalue weighted by Gasteiger charge is -2.08. The SMILES string of the molecule is Cc1cc(F)ccc1OCc1ccccc1. The van der Waals surface area contributed by atoms with Gasteiger partial charge in [0.25, 0.3) is 0 Å². The summed E-state index contributed by atoms with van der Waals surface area (Å²) in [5.74, 6) is 0.495. The van der Waals surface area contributed by atoms with Gasteiger partial charge in [0.1, 0.15) is 18.2 Å². The van der Waals surface area contributed by atoms with Gasteiger partial charge in [0, 0.05) is 0 Å². The molecular formula is C14H13FO. The van der Waals surface area contributed by atoms with Crippen molar-refractivity contribution >= 4 is 0 Å². The molecule has 0 spiro atoms. The molecule has 0 aliphatic carbocycles. The first-order valence-electron chi connectivity index (χ1n) is 5.18. The van der Waals surface area contributed by atoms with Crippen LogP contribution in [0.1, 0.15) is 11.1 Å². The van der Waals surface area contributed by atoms with Crippen LogP contribution in [0.5, 0.6) is 5.75 Å². The smallest absolute Gasteiger partial charge is 0.123 e. The van der Waals surface area contributed by atoms with Crippen molar-refractivity contribution in [3.05, 3.63) is 65.5 Å². The predicted octanol–water partition coefficient (Wildman–Crippen LogP) is 3.71. The molecule has 0 aromatic heterocycles. The van der Waals surface area contributed by atoms with E-state index in [4.69, 9.17) is 4.74 Å². The predicted molar refractivity (Wildman–Crippen MR) is 61.9 cm³/mol. The first-order chi connectivity index (χ1) is 7.75. The first-order valence-corrected chi connectivity index (χ1v) is 5.18. The molecule has 0 amide bonds. The topological polar surface area (TPSA) is 9.23 Å². The number of benzene rings is 2. The van der Waals surface area contributed by atoms with E-state index >= 15 is 0 Å². The molecule has 0 unspecified atom stereocenters. The van der Waals surface area contributed by atoms with Crippen LogP contribution in [0.25, 0.3) is 0 Å². The Labute approximate surface area is 94.5 Å². The lowest BCUT2D eigenvalue weighted by molar-refractivity contribution is 0.303. The van der Waals surface area contributed by atoms with Crippen LogP contribution in [-0.2, 0) is 6.61 Å². The molecule has 0 radical (unpaired) electrons. The van der Waals surface area contributed by atoms with Gasteiger partial charge in [-0.15, -0.1) is 0 Å². The summed E-state index contributed by atoms with van der Waals surface area (Å²) in [6.45, 7) is 2.34. The summed E-state index contributed by atoms with van der Waals surface area (Å²) in [6, 6.07) is 14.4. The highest BCUT2D eigenvalue weighted by molar-refractivity contribution is 5.32. The fraction of sp³-hybridized carbons (Fsp3) is 0.143. The Hall–Kier alpha value is -1.83. The maximum Gasteiger partial charge on any atom is 0.123 e. The van der Waals surface area contributed by atoms with Gasteiger partial charge in [0.15, 0.2) is 0 Å². The van der Waals surface area contributed by atoms with E-state index < -0.39 is 0 Å². The second-order valence-corrected chi connectivity index (χ2v) is 3.68. The van der Waals surface area contributed by atoms with Crippen molar-refractivity contribution < 1.29 is 9.13 Å². The Morgan fingerprint density at radius 2 is 1.81 bits per heavy atom. The average Bonchev–Trinajstić information content (AvgIpc) is 2.29. The van der Waals surface area contributed by atoms with Crippen LogP contribution in [0.15, 0.2) is 48.5 Å². The molecule has 2 heteroatoms. The fourth-order valence-corrected chi connectivity index (χ4v) is 1.51. The Bertz CT molecular complexity index is 465. The molecule has 82 valence electrons. The Morgan fingerprint density at radius 1 is 1.06 bits per heavy atom. The number of halogens is 1. The summed E-state index contributed by atoms with van der Waals surface area (Å²) in [5.41, 5.74) is 1.92. The zero-order valence-corrected chi connectivity index (χ0v) is 9.11. The van der Waals surface area contributed by atoms with E-state index in [0.717, 1.165) is 16.9 Å². The minimum Gasteiger partial charge on any atom is -0.489 e. The van der Waals surface area contributed by atoms with Crippen LogP contribution in [0.2, 0.25) is 0 Å². The number of hydrogen-bond donors (Lipinski definition) is 0. The van der Waals surface area contributed by atoms with E-state index in [9.17, 15) is 4.39 Å². The molecule has 2 aromatic carbocycles.